The number of phenols is 1. The molecule has 7 heteroatoms. The third-order valence-corrected chi connectivity index (χ3v) is 4.99. The Labute approximate surface area is 187 Å². The SMILES string of the molecule is CCNC(=NCc1ccc(O)c(OCC)c1)NCC(C)(C)N1CCCCC1.I. The van der Waals surface area contributed by atoms with Gasteiger partial charge in [0.25, 0.3) is 0 Å². The first-order valence-electron chi connectivity index (χ1n) is 10.2. The van der Waals surface area contributed by atoms with E-state index in [4.69, 9.17) is 9.73 Å². The molecular weight excluding hydrogens is 467 g/mol. The van der Waals surface area contributed by atoms with E-state index in [0.29, 0.717) is 18.9 Å². The maximum atomic E-state index is 9.84. The van der Waals surface area contributed by atoms with E-state index in [1.54, 1.807) is 6.07 Å². The van der Waals surface area contributed by atoms with E-state index in [0.717, 1.165) is 24.6 Å². The number of likely N-dealkylation sites (tertiary alicyclic amines) is 1. The monoisotopic (exact) mass is 504 g/mol. The number of nitrogens with one attached hydrogen (secondary N) is 2. The minimum absolute atomic E-state index is 0. The third kappa shape index (κ3) is 7.66. The Bertz CT molecular complexity index is 616. The van der Waals surface area contributed by atoms with Crippen LogP contribution in [0.15, 0.2) is 23.2 Å². The van der Waals surface area contributed by atoms with Crippen molar-refractivity contribution in [3.8, 4) is 11.5 Å². The molecule has 0 spiro atoms. The molecule has 160 valence electrons. The molecule has 1 heterocycles. The highest BCUT2D eigenvalue weighted by molar-refractivity contribution is 14.0. The molecule has 0 aromatic heterocycles. The first kappa shape index (κ1) is 24.8. The van der Waals surface area contributed by atoms with Crippen molar-refractivity contribution in [1.29, 1.82) is 0 Å². The zero-order valence-corrected chi connectivity index (χ0v) is 20.1. The number of ether oxygens (including phenoxy) is 1. The second-order valence-electron chi connectivity index (χ2n) is 7.64. The zero-order valence-electron chi connectivity index (χ0n) is 17.8. The van der Waals surface area contributed by atoms with Gasteiger partial charge >= 0.3 is 0 Å². The Morgan fingerprint density at radius 3 is 2.54 bits per heavy atom. The molecule has 2 rings (SSSR count). The first-order valence-corrected chi connectivity index (χ1v) is 10.2. The lowest BCUT2D eigenvalue weighted by Crippen LogP contribution is -2.54. The summed E-state index contributed by atoms with van der Waals surface area (Å²) in [5, 5.41) is 16.7. The van der Waals surface area contributed by atoms with Gasteiger partial charge in [-0.2, -0.15) is 0 Å². The van der Waals surface area contributed by atoms with Gasteiger partial charge in [-0.3, -0.25) is 4.90 Å². The summed E-state index contributed by atoms with van der Waals surface area (Å²) in [7, 11) is 0. The summed E-state index contributed by atoms with van der Waals surface area (Å²) >= 11 is 0. The van der Waals surface area contributed by atoms with E-state index < -0.39 is 0 Å². The molecule has 0 amide bonds. The molecule has 0 radical (unpaired) electrons. The van der Waals surface area contributed by atoms with E-state index in [1.807, 2.05) is 19.1 Å². The van der Waals surface area contributed by atoms with Gasteiger partial charge in [0.15, 0.2) is 17.5 Å². The molecule has 0 bridgehead atoms. The molecule has 1 aliphatic rings. The van der Waals surface area contributed by atoms with Crippen molar-refractivity contribution in [3.63, 3.8) is 0 Å². The Morgan fingerprint density at radius 1 is 1.18 bits per heavy atom. The summed E-state index contributed by atoms with van der Waals surface area (Å²) in [6.45, 7) is 13.6. The third-order valence-electron chi connectivity index (χ3n) is 4.99. The van der Waals surface area contributed by atoms with Crippen LogP contribution < -0.4 is 15.4 Å². The number of aromatic hydroxyl groups is 1. The fraction of sp³-hybridized carbons (Fsp3) is 0.667. The largest absolute Gasteiger partial charge is 0.504 e. The second-order valence-corrected chi connectivity index (χ2v) is 7.64. The molecule has 0 unspecified atom stereocenters. The second kappa shape index (κ2) is 12.4. The lowest BCUT2D eigenvalue weighted by molar-refractivity contribution is 0.0982. The number of guanidine groups is 1. The zero-order chi connectivity index (χ0) is 19.7. The van der Waals surface area contributed by atoms with Crippen LogP contribution in [-0.4, -0.2) is 54.3 Å². The van der Waals surface area contributed by atoms with Crippen LogP contribution in [0.25, 0.3) is 0 Å². The average Bonchev–Trinajstić information content (AvgIpc) is 2.67. The van der Waals surface area contributed by atoms with Gasteiger partial charge in [-0.05, 0) is 71.3 Å². The fourth-order valence-corrected chi connectivity index (χ4v) is 3.35. The maximum Gasteiger partial charge on any atom is 0.191 e. The van der Waals surface area contributed by atoms with Gasteiger partial charge in [0.2, 0.25) is 0 Å². The summed E-state index contributed by atoms with van der Waals surface area (Å²) in [6, 6.07) is 5.39. The molecule has 1 fully saturated rings. The Hall–Kier alpha value is -1.22. The van der Waals surface area contributed by atoms with Crippen LogP contribution in [0.3, 0.4) is 0 Å². The Balaban J connectivity index is 0.00000392. The molecule has 0 atom stereocenters. The smallest absolute Gasteiger partial charge is 0.191 e. The summed E-state index contributed by atoms with van der Waals surface area (Å²) < 4.78 is 5.46. The number of nitrogens with zero attached hydrogens (tertiary/aromatic N) is 2. The number of hydrogen-bond donors (Lipinski definition) is 3. The molecule has 0 saturated carbocycles. The maximum absolute atomic E-state index is 9.84. The van der Waals surface area contributed by atoms with Crippen molar-refractivity contribution in [3.05, 3.63) is 23.8 Å². The van der Waals surface area contributed by atoms with Crippen molar-refractivity contribution in [2.75, 3.05) is 32.8 Å². The van der Waals surface area contributed by atoms with E-state index in [1.165, 1.54) is 32.4 Å². The summed E-state index contributed by atoms with van der Waals surface area (Å²) in [5.41, 5.74) is 1.10. The highest BCUT2D eigenvalue weighted by Crippen LogP contribution is 2.27. The first-order chi connectivity index (χ1) is 13.0. The van der Waals surface area contributed by atoms with Crippen LogP contribution in [0.4, 0.5) is 0 Å². The molecule has 28 heavy (non-hydrogen) atoms. The molecule has 3 N–H and O–H groups in total. The summed E-state index contributed by atoms with van der Waals surface area (Å²) in [4.78, 5) is 7.27. The van der Waals surface area contributed by atoms with E-state index in [2.05, 4.69) is 36.3 Å². The molecule has 1 aromatic carbocycles. The van der Waals surface area contributed by atoms with Crippen molar-refractivity contribution >= 4 is 29.9 Å². The predicted octanol–water partition coefficient (Wildman–Crippen LogP) is 3.73. The van der Waals surface area contributed by atoms with E-state index in [9.17, 15) is 5.11 Å². The number of hydrogen-bond acceptors (Lipinski definition) is 4. The van der Waals surface area contributed by atoms with Crippen LogP contribution in [0, 0.1) is 0 Å². The molecule has 6 nitrogen and oxygen atoms in total. The van der Waals surface area contributed by atoms with Crippen LogP contribution in [0.1, 0.15) is 52.5 Å². The van der Waals surface area contributed by atoms with Crippen LogP contribution in [0.2, 0.25) is 0 Å². The Kier molecular flexibility index (Phi) is 11.0. The number of phenolic OH excluding ortho intramolecular Hbond substituents is 1. The van der Waals surface area contributed by atoms with Crippen LogP contribution in [0.5, 0.6) is 11.5 Å². The fourth-order valence-electron chi connectivity index (χ4n) is 3.35. The van der Waals surface area contributed by atoms with Gasteiger partial charge in [-0.1, -0.05) is 12.5 Å². The number of piperidine rings is 1. The number of aliphatic imine (C=N–C) groups is 1. The normalized spacial score (nSPS) is 15.6. The van der Waals surface area contributed by atoms with Crippen LogP contribution in [-0.2, 0) is 6.54 Å². The Morgan fingerprint density at radius 2 is 1.89 bits per heavy atom. The summed E-state index contributed by atoms with van der Waals surface area (Å²) in [6.07, 6.45) is 3.93. The molecule has 1 aromatic rings. The number of rotatable bonds is 8. The predicted molar refractivity (Wildman–Crippen MR) is 127 cm³/mol. The average molecular weight is 504 g/mol. The molecule has 1 aliphatic heterocycles. The van der Waals surface area contributed by atoms with Gasteiger partial charge in [0, 0.05) is 18.6 Å². The van der Waals surface area contributed by atoms with Crippen molar-refractivity contribution in [2.24, 2.45) is 4.99 Å². The topological polar surface area (TPSA) is 69.1 Å². The summed E-state index contributed by atoms with van der Waals surface area (Å²) in [5.74, 6) is 1.49. The molecule has 1 saturated heterocycles. The minimum atomic E-state index is 0. The number of benzene rings is 1. The van der Waals surface area contributed by atoms with Gasteiger partial charge in [-0.15, -0.1) is 24.0 Å². The van der Waals surface area contributed by atoms with Crippen molar-refractivity contribution in [1.82, 2.24) is 15.5 Å². The van der Waals surface area contributed by atoms with Gasteiger partial charge in [-0.25, -0.2) is 4.99 Å². The quantitative estimate of drug-likeness (QED) is 0.286. The van der Waals surface area contributed by atoms with Crippen LogP contribution >= 0.6 is 24.0 Å². The van der Waals surface area contributed by atoms with E-state index >= 15 is 0 Å². The molecular formula is C21H37IN4O2. The standard InChI is InChI=1S/C21H36N4O2.HI/c1-5-22-20(24-16-21(3,4)25-12-8-7-9-13-25)23-15-17-10-11-18(26)19(14-17)27-6-2;/h10-11,14,26H,5-9,12-13,15-16H2,1-4H3,(H2,22,23,24);1H. The lowest BCUT2D eigenvalue weighted by Gasteiger charge is -2.41. The van der Waals surface area contributed by atoms with Gasteiger partial charge in [0.05, 0.1) is 13.2 Å². The van der Waals surface area contributed by atoms with Crippen molar-refractivity contribution < 1.29 is 9.84 Å². The van der Waals surface area contributed by atoms with E-state index in [-0.39, 0.29) is 35.3 Å². The lowest BCUT2D eigenvalue weighted by atomic mass is 9.98. The minimum Gasteiger partial charge on any atom is -0.504 e. The highest BCUT2D eigenvalue weighted by atomic mass is 127. The molecule has 0 aliphatic carbocycles. The number of halogens is 1. The van der Waals surface area contributed by atoms with Crippen molar-refractivity contribution in [2.45, 2.75) is 59.0 Å². The van der Waals surface area contributed by atoms with Gasteiger partial charge < -0.3 is 20.5 Å². The highest BCUT2D eigenvalue weighted by Gasteiger charge is 2.27. The van der Waals surface area contributed by atoms with Gasteiger partial charge in [0.1, 0.15) is 0 Å².